The number of carbonyl (C=O) groups is 4. The zero-order valence-electron chi connectivity index (χ0n) is 23.7. The van der Waals surface area contributed by atoms with Crippen LogP contribution in [0.5, 0.6) is 5.75 Å². The van der Waals surface area contributed by atoms with Crippen LogP contribution in [0.25, 0.3) is 0 Å². The fraction of sp³-hybridized carbons (Fsp3) is 0.467. The van der Waals surface area contributed by atoms with Gasteiger partial charge in [-0.05, 0) is 55.0 Å². The summed E-state index contributed by atoms with van der Waals surface area (Å²) in [5.74, 6) is -2.91. The summed E-state index contributed by atoms with van der Waals surface area (Å²) in [5.41, 5.74) is 13.0. The lowest BCUT2D eigenvalue weighted by atomic mass is 10.0. The monoisotopic (exact) mass is 569 g/mol. The van der Waals surface area contributed by atoms with E-state index in [2.05, 4.69) is 16.0 Å². The molecule has 4 atom stereocenters. The van der Waals surface area contributed by atoms with Crippen molar-refractivity contribution in [2.75, 3.05) is 6.54 Å². The minimum Gasteiger partial charge on any atom is -0.508 e. The van der Waals surface area contributed by atoms with Crippen LogP contribution in [0.2, 0.25) is 0 Å². The summed E-state index contributed by atoms with van der Waals surface area (Å²) in [7, 11) is 0. The second-order valence-corrected chi connectivity index (χ2v) is 10.6. The third kappa shape index (κ3) is 12.0. The fourth-order valence-electron chi connectivity index (χ4n) is 4.29. The minimum absolute atomic E-state index is 0.0116. The summed E-state index contributed by atoms with van der Waals surface area (Å²) < 4.78 is 0. The number of nitrogens with one attached hydrogen (secondary N) is 3. The Morgan fingerprint density at radius 1 is 0.756 bits per heavy atom. The highest BCUT2D eigenvalue weighted by atomic mass is 16.4. The summed E-state index contributed by atoms with van der Waals surface area (Å²) in [6, 6.07) is 11.0. The summed E-state index contributed by atoms with van der Waals surface area (Å²) in [5, 5.41) is 27.3. The van der Waals surface area contributed by atoms with Crippen LogP contribution in [0, 0.1) is 5.92 Å². The molecule has 0 heterocycles. The number of nitrogens with two attached hydrogens (primary N) is 2. The van der Waals surface area contributed by atoms with Crippen LogP contribution < -0.4 is 27.4 Å². The number of phenols is 1. The van der Waals surface area contributed by atoms with Crippen LogP contribution in [0.15, 0.2) is 54.6 Å². The standard InChI is InChI=1S/C30H43N5O6/c1-19(2)16-26(30(40)41)35-29(39)25(17-20-8-4-3-5-9-20)34-28(38)24(18-21-11-13-22(36)14-12-21)33-27(37)23(32)10-6-7-15-31/h3-5,8-9,11-14,19,23-26,36H,6-7,10,15-18,31-32H2,1-2H3,(H,33,37)(H,34,38)(H,35,39)(H,40,41). The van der Waals surface area contributed by atoms with Crippen molar-refractivity contribution in [3.8, 4) is 5.75 Å². The number of aliphatic carboxylic acids is 1. The second kappa shape index (κ2) is 17.0. The molecule has 41 heavy (non-hydrogen) atoms. The Morgan fingerprint density at radius 2 is 1.27 bits per heavy atom. The maximum atomic E-state index is 13.6. The van der Waals surface area contributed by atoms with E-state index in [0.29, 0.717) is 31.4 Å². The predicted molar refractivity (Wildman–Crippen MR) is 156 cm³/mol. The summed E-state index contributed by atoms with van der Waals surface area (Å²) in [4.78, 5) is 51.6. The zero-order valence-corrected chi connectivity index (χ0v) is 23.7. The lowest BCUT2D eigenvalue weighted by Gasteiger charge is -2.26. The largest absolute Gasteiger partial charge is 0.508 e. The SMILES string of the molecule is CC(C)CC(NC(=O)C(Cc1ccccc1)NC(=O)C(Cc1ccc(O)cc1)NC(=O)C(N)CCCCN)C(=O)O. The van der Waals surface area contributed by atoms with Crippen LogP contribution in [-0.4, -0.2) is 64.6 Å². The van der Waals surface area contributed by atoms with Crippen molar-refractivity contribution in [2.24, 2.45) is 17.4 Å². The van der Waals surface area contributed by atoms with Crippen molar-refractivity contribution >= 4 is 23.7 Å². The number of unbranched alkanes of at least 4 members (excludes halogenated alkanes) is 1. The molecular weight excluding hydrogens is 526 g/mol. The minimum atomic E-state index is -1.17. The molecule has 3 amide bonds. The van der Waals surface area contributed by atoms with Crippen molar-refractivity contribution in [3.05, 3.63) is 65.7 Å². The molecule has 0 saturated carbocycles. The number of hydrogen-bond acceptors (Lipinski definition) is 7. The molecule has 2 rings (SSSR count). The Balaban J connectivity index is 2.29. The van der Waals surface area contributed by atoms with Crippen molar-refractivity contribution in [2.45, 2.75) is 76.5 Å². The smallest absolute Gasteiger partial charge is 0.326 e. The topological polar surface area (TPSA) is 197 Å². The van der Waals surface area contributed by atoms with Gasteiger partial charge in [0.15, 0.2) is 0 Å². The highest BCUT2D eigenvalue weighted by molar-refractivity contribution is 5.94. The number of aromatic hydroxyl groups is 1. The molecule has 0 aliphatic carbocycles. The first-order chi connectivity index (χ1) is 19.5. The van der Waals surface area contributed by atoms with E-state index in [1.807, 2.05) is 19.9 Å². The van der Waals surface area contributed by atoms with E-state index in [9.17, 15) is 29.4 Å². The van der Waals surface area contributed by atoms with Gasteiger partial charge in [-0.1, -0.05) is 62.7 Å². The van der Waals surface area contributed by atoms with Crippen LogP contribution >= 0.6 is 0 Å². The number of rotatable bonds is 17. The van der Waals surface area contributed by atoms with Gasteiger partial charge in [0.05, 0.1) is 6.04 Å². The number of carboxylic acid groups (broad SMARTS) is 1. The number of hydrogen-bond donors (Lipinski definition) is 7. The molecule has 0 aliphatic heterocycles. The van der Waals surface area contributed by atoms with Gasteiger partial charge in [0, 0.05) is 12.8 Å². The molecular formula is C30H43N5O6. The summed E-state index contributed by atoms with van der Waals surface area (Å²) in [6.07, 6.45) is 2.14. The van der Waals surface area contributed by atoms with Gasteiger partial charge in [0.1, 0.15) is 23.9 Å². The third-order valence-corrected chi connectivity index (χ3v) is 6.55. The molecule has 0 fully saturated rings. The quantitative estimate of drug-likeness (QED) is 0.138. The highest BCUT2D eigenvalue weighted by Crippen LogP contribution is 2.13. The maximum absolute atomic E-state index is 13.6. The van der Waals surface area contributed by atoms with Gasteiger partial charge in [-0.2, -0.15) is 0 Å². The second-order valence-electron chi connectivity index (χ2n) is 10.6. The Morgan fingerprint density at radius 3 is 1.78 bits per heavy atom. The first kappa shape index (κ1) is 33.2. The predicted octanol–water partition coefficient (Wildman–Crippen LogP) is 1.22. The first-order valence-electron chi connectivity index (χ1n) is 13.9. The van der Waals surface area contributed by atoms with Gasteiger partial charge in [-0.25, -0.2) is 4.79 Å². The first-order valence-corrected chi connectivity index (χ1v) is 13.9. The zero-order chi connectivity index (χ0) is 30.4. The van der Waals surface area contributed by atoms with Crippen molar-refractivity contribution in [1.29, 1.82) is 0 Å². The molecule has 4 unspecified atom stereocenters. The maximum Gasteiger partial charge on any atom is 0.326 e. The Kier molecular flexibility index (Phi) is 13.8. The normalized spacial score (nSPS) is 14.0. The molecule has 9 N–H and O–H groups in total. The van der Waals surface area contributed by atoms with Crippen LogP contribution in [-0.2, 0) is 32.0 Å². The van der Waals surface area contributed by atoms with Crippen molar-refractivity contribution in [1.82, 2.24) is 16.0 Å². The molecule has 11 heteroatoms. The fourth-order valence-corrected chi connectivity index (χ4v) is 4.29. The Hall–Kier alpha value is -3.96. The Labute approximate surface area is 241 Å². The van der Waals surface area contributed by atoms with Crippen molar-refractivity contribution < 1.29 is 29.4 Å². The molecule has 0 saturated heterocycles. The molecule has 2 aromatic carbocycles. The Bertz CT molecular complexity index is 1130. The third-order valence-electron chi connectivity index (χ3n) is 6.55. The van der Waals surface area contributed by atoms with Gasteiger partial charge in [0.25, 0.3) is 0 Å². The molecule has 0 aliphatic rings. The molecule has 2 aromatic rings. The van der Waals surface area contributed by atoms with Crippen LogP contribution in [0.3, 0.4) is 0 Å². The lowest BCUT2D eigenvalue weighted by Crippen LogP contribution is -2.58. The molecule has 0 radical (unpaired) electrons. The van der Waals surface area contributed by atoms with E-state index in [1.165, 1.54) is 12.1 Å². The van der Waals surface area contributed by atoms with E-state index in [-0.39, 0.29) is 30.9 Å². The van der Waals surface area contributed by atoms with Gasteiger partial charge in [0.2, 0.25) is 17.7 Å². The highest BCUT2D eigenvalue weighted by Gasteiger charge is 2.31. The van der Waals surface area contributed by atoms with E-state index < -0.39 is 47.9 Å². The average molecular weight is 570 g/mol. The molecule has 224 valence electrons. The molecule has 0 bridgehead atoms. The van der Waals surface area contributed by atoms with E-state index in [1.54, 1.807) is 36.4 Å². The van der Waals surface area contributed by atoms with Gasteiger partial charge >= 0.3 is 5.97 Å². The number of carboxylic acids is 1. The van der Waals surface area contributed by atoms with Gasteiger partial charge < -0.3 is 37.6 Å². The number of amides is 3. The summed E-state index contributed by atoms with van der Waals surface area (Å²) >= 11 is 0. The van der Waals surface area contributed by atoms with E-state index in [4.69, 9.17) is 11.5 Å². The number of carbonyl (C=O) groups excluding carboxylic acids is 3. The molecule has 0 spiro atoms. The molecule has 11 nitrogen and oxygen atoms in total. The van der Waals surface area contributed by atoms with Gasteiger partial charge in [-0.15, -0.1) is 0 Å². The van der Waals surface area contributed by atoms with E-state index >= 15 is 0 Å². The average Bonchev–Trinajstić information content (AvgIpc) is 2.93. The molecule has 0 aromatic heterocycles. The lowest BCUT2D eigenvalue weighted by molar-refractivity contribution is -0.142. The van der Waals surface area contributed by atoms with Crippen LogP contribution in [0.4, 0.5) is 0 Å². The number of phenolic OH excluding ortho intramolecular Hbond substituents is 1. The van der Waals surface area contributed by atoms with Crippen molar-refractivity contribution in [3.63, 3.8) is 0 Å². The number of benzene rings is 2. The van der Waals surface area contributed by atoms with Gasteiger partial charge in [-0.3, -0.25) is 14.4 Å². The van der Waals surface area contributed by atoms with E-state index in [0.717, 1.165) is 5.56 Å². The summed E-state index contributed by atoms with van der Waals surface area (Å²) in [6.45, 7) is 4.18. The van der Waals surface area contributed by atoms with Crippen LogP contribution in [0.1, 0.15) is 50.7 Å².